The molecule has 6 heteroatoms. The fourth-order valence-electron chi connectivity index (χ4n) is 9.31. The second-order valence-corrected chi connectivity index (χ2v) is 21.0. The molecule has 2 unspecified atom stereocenters. The summed E-state index contributed by atoms with van der Waals surface area (Å²) in [6.07, 6.45) is 75.7. The number of carbonyl (C=O) groups is 2. The van der Waals surface area contributed by atoms with Crippen molar-refractivity contribution in [2.45, 2.75) is 334 Å². The summed E-state index contributed by atoms with van der Waals surface area (Å²) in [5.74, 6) is -0.107. The van der Waals surface area contributed by atoms with Gasteiger partial charge in [0.25, 0.3) is 0 Å². The van der Waals surface area contributed by atoms with E-state index in [0.717, 1.165) is 83.5 Å². The topological polar surface area (TPSA) is 95.9 Å². The first kappa shape index (κ1) is 67.8. The lowest BCUT2D eigenvalue weighted by Crippen LogP contribution is -2.45. The Bertz CT molecular complexity index is 1180. The number of carbonyl (C=O) groups excluding carboxylic acids is 2. The van der Waals surface area contributed by atoms with Gasteiger partial charge < -0.3 is 20.3 Å². The second kappa shape index (κ2) is 59.4. The molecule has 0 saturated carbocycles. The number of aliphatic hydroxyl groups is 2. The number of ether oxygens (including phenoxy) is 1. The molecule has 0 aromatic rings. The molecule has 0 aliphatic carbocycles. The molecule has 0 aliphatic rings. The van der Waals surface area contributed by atoms with E-state index in [1.807, 2.05) is 6.08 Å². The van der Waals surface area contributed by atoms with Crippen LogP contribution < -0.4 is 5.32 Å². The smallest absolute Gasteiger partial charge is 0.305 e. The molecule has 0 bridgehead atoms. The SMILES string of the molecule is CCCCCCCC/C=C\CCCCCCCC(=O)OCCCCC/C=C\C/C=C\CCCCCCCCCC(=O)NC(CO)C(O)/C=C/CCCCCCCCCCCCCCCCCCCCC. The molecule has 0 heterocycles. The van der Waals surface area contributed by atoms with E-state index < -0.39 is 12.1 Å². The Labute approximate surface area is 436 Å². The van der Waals surface area contributed by atoms with Gasteiger partial charge in [-0.15, -0.1) is 0 Å². The number of nitrogens with one attached hydrogen (secondary N) is 1. The van der Waals surface area contributed by atoms with Crippen molar-refractivity contribution in [2.24, 2.45) is 0 Å². The van der Waals surface area contributed by atoms with Crippen molar-refractivity contribution < 1.29 is 24.5 Å². The van der Waals surface area contributed by atoms with Gasteiger partial charge >= 0.3 is 5.97 Å². The molecule has 0 aromatic heterocycles. The van der Waals surface area contributed by atoms with Crippen molar-refractivity contribution in [3.8, 4) is 0 Å². The van der Waals surface area contributed by atoms with Crippen molar-refractivity contribution in [1.82, 2.24) is 5.32 Å². The van der Waals surface area contributed by atoms with Crippen LogP contribution in [-0.2, 0) is 14.3 Å². The standard InChI is InChI=1S/C64H119NO5/c1-3-5-7-9-11-13-15-17-19-20-21-22-23-25-29-32-36-40-44-48-52-56-62(67)61(60-66)65-63(68)57-53-49-45-41-37-33-30-26-24-27-31-35-39-43-47-51-55-59-70-64(69)58-54-50-46-42-38-34-28-18-16-14-12-10-8-6-4-2/h18,24,27-28,35,39,52,56,61-62,66-67H,3-17,19-23,25-26,29-34,36-38,40-51,53-55,57-60H2,1-2H3,(H,65,68)/b27-24-,28-18-,39-35-,56-52+. The van der Waals surface area contributed by atoms with Gasteiger partial charge in [-0.3, -0.25) is 9.59 Å². The molecule has 3 N–H and O–H groups in total. The van der Waals surface area contributed by atoms with Crippen LogP contribution in [-0.4, -0.2) is 47.4 Å². The molecule has 0 fully saturated rings. The highest BCUT2D eigenvalue weighted by molar-refractivity contribution is 5.76. The monoisotopic (exact) mass is 982 g/mol. The van der Waals surface area contributed by atoms with Crippen LogP contribution in [0.25, 0.3) is 0 Å². The quantitative estimate of drug-likeness (QED) is 0.0321. The number of aliphatic hydroxyl groups excluding tert-OH is 2. The van der Waals surface area contributed by atoms with Crippen LogP contribution in [0.5, 0.6) is 0 Å². The van der Waals surface area contributed by atoms with Gasteiger partial charge in [0.2, 0.25) is 5.91 Å². The van der Waals surface area contributed by atoms with E-state index >= 15 is 0 Å². The largest absolute Gasteiger partial charge is 0.466 e. The van der Waals surface area contributed by atoms with Gasteiger partial charge in [0.1, 0.15) is 0 Å². The predicted molar refractivity (Wildman–Crippen MR) is 306 cm³/mol. The first-order valence-corrected chi connectivity index (χ1v) is 30.9. The van der Waals surface area contributed by atoms with Crippen LogP contribution in [0.4, 0.5) is 0 Å². The summed E-state index contributed by atoms with van der Waals surface area (Å²) in [6.45, 7) is 4.86. The van der Waals surface area contributed by atoms with Crippen molar-refractivity contribution in [3.05, 3.63) is 48.6 Å². The molecule has 1 amide bonds. The lowest BCUT2D eigenvalue weighted by atomic mass is 10.0. The predicted octanol–water partition coefficient (Wildman–Crippen LogP) is 19.4. The normalized spacial score (nSPS) is 12.9. The van der Waals surface area contributed by atoms with E-state index in [1.54, 1.807) is 6.08 Å². The third kappa shape index (κ3) is 55.1. The highest BCUT2D eigenvalue weighted by Crippen LogP contribution is 2.17. The van der Waals surface area contributed by atoms with E-state index in [9.17, 15) is 19.8 Å². The molecule has 0 rings (SSSR count). The Balaban J connectivity index is 3.53. The number of unbranched alkanes of at least 4 members (excludes halogenated alkanes) is 40. The number of rotatable bonds is 57. The van der Waals surface area contributed by atoms with Gasteiger partial charge in [0.15, 0.2) is 0 Å². The molecule has 0 saturated heterocycles. The van der Waals surface area contributed by atoms with Crippen LogP contribution in [0.2, 0.25) is 0 Å². The molecule has 70 heavy (non-hydrogen) atoms. The van der Waals surface area contributed by atoms with Gasteiger partial charge in [-0.25, -0.2) is 0 Å². The van der Waals surface area contributed by atoms with Gasteiger partial charge in [-0.1, -0.05) is 262 Å². The van der Waals surface area contributed by atoms with E-state index in [2.05, 4.69) is 55.6 Å². The Morgan fingerprint density at radius 2 is 0.714 bits per heavy atom. The van der Waals surface area contributed by atoms with Crippen molar-refractivity contribution in [2.75, 3.05) is 13.2 Å². The first-order chi connectivity index (χ1) is 34.5. The number of esters is 1. The van der Waals surface area contributed by atoms with Crippen molar-refractivity contribution in [3.63, 3.8) is 0 Å². The lowest BCUT2D eigenvalue weighted by molar-refractivity contribution is -0.143. The summed E-state index contributed by atoms with van der Waals surface area (Å²) in [5.41, 5.74) is 0. The summed E-state index contributed by atoms with van der Waals surface area (Å²) >= 11 is 0. The van der Waals surface area contributed by atoms with E-state index in [4.69, 9.17) is 4.74 Å². The summed E-state index contributed by atoms with van der Waals surface area (Å²) in [6, 6.07) is -0.642. The average molecular weight is 983 g/mol. The van der Waals surface area contributed by atoms with Crippen molar-refractivity contribution in [1.29, 1.82) is 0 Å². The summed E-state index contributed by atoms with van der Waals surface area (Å²) in [4.78, 5) is 24.5. The summed E-state index contributed by atoms with van der Waals surface area (Å²) < 4.78 is 5.45. The van der Waals surface area contributed by atoms with Gasteiger partial charge in [-0.05, 0) is 96.3 Å². The zero-order valence-electron chi connectivity index (χ0n) is 46.7. The average Bonchev–Trinajstić information content (AvgIpc) is 3.36. The summed E-state index contributed by atoms with van der Waals surface area (Å²) in [7, 11) is 0. The molecule has 0 spiro atoms. The van der Waals surface area contributed by atoms with Crippen LogP contribution in [0.15, 0.2) is 48.6 Å². The third-order valence-corrected chi connectivity index (χ3v) is 14.1. The first-order valence-electron chi connectivity index (χ1n) is 30.9. The highest BCUT2D eigenvalue weighted by atomic mass is 16.5. The minimum absolute atomic E-state index is 0.0244. The Kier molecular flexibility index (Phi) is 57.5. The maximum absolute atomic E-state index is 12.5. The minimum atomic E-state index is -0.857. The second-order valence-electron chi connectivity index (χ2n) is 21.0. The maximum Gasteiger partial charge on any atom is 0.305 e. The van der Waals surface area contributed by atoms with Crippen LogP contribution in [0.3, 0.4) is 0 Å². The molecular weight excluding hydrogens is 863 g/mol. The Morgan fingerprint density at radius 1 is 0.400 bits per heavy atom. The van der Waals surface area contributed by atoms with Crippen LogP contribution in [0, 0.1) is 0 Å². The van der Waals surface area contributed by atoms with Gasteiger partial charge in [0, 0.05) is 12.8 Å². The zero-order chi connectivity index (χ0) is 50.7. The number of hydrogen-bond donors (Lipinski definition) is 3. The fourth-order valence-corrected chi connectivity index (χ4v) is 9.31. The minimum Gasteiger partial charge on any atom is -0.466 e. The van der Waals surface area contributed by atoms with Gasteiger partial charge in [-0.2, -0.15) is 0 Å². The molecule has 0 aromatic carbocycles. The van der Waals surface area contributed by atoms with E-state index in [-0.39, 0.29) is 18.5 Å². The highest BCUT2D eigenvalue weighted by Gasteiger charge is 2.18. The number of hydrogen-bond acceptors (Lipinski definition) is 5. The van der Waals surface area contributed by atoms with Crippen LogP contribution in [0.1, 0.15) is 322 Å². The van der Waals surface area contributed by atoms with Gasteiger partial charge in [0.05, 0.1) is 25.4 Å². The molecule has 0 aliphatic heterocycles. The van der Waals surface area contributed by atoms with E-state index in [1.165, 1.54) is 212 Å². The van der Waals surface area contributed by atoms with E-state index in [0.29, 0.717) is 19.4 Å². The number of amides is 1. The Hall–Kier alpha value is -2.18. The lowest BCUT2D eigenvalue weighted by Gasteiger charge is -2.20. The Morgan fingerprint density at radius 3 is 1.10 bits per heavy atom. The van der Waals surface area contributed by atoms with Crippen molar-refractivity contribution >= 4 is 11.9 Å². The molecule has 410 valence electrons. The van der Waals surface area contributed by atoms with Crippen LogP contribution >= 0.6 is 0 Å². The maximum atomic E-state index is 12.5. The molecule has 6 nitrogen and oxygen atoms in total. The molecule has 0 radical (unpaired) electrons. The number of allylic oxidation sites excluding steroid dienone is 7. The molecule has 2 atom stereocenters. The molecular formula is C64H119NO5. The zero-order valence-corrected chi connectivity index (χ0v) is 46.7. The summed E-state index contributed by atoms with van der Waals surface area (Å²) in [5, 5.41) is 23.2. The fraction of sp³-hybridized carbons (Fsp3) is 0.844. The third-order valence-electron chi connectivity index (χ3n) is 14.1.